The number of nitrogens with zero attached hydrogens (tertiary/aromatic N) is 1. The van der Waals surface area contributed by atoms with E-state index in [4.69, 9.17) is 0 Å². The van der Waals surface area contributed by atoms with Gasteiger partial charge in [-0.25, -0.2) is 0 Å². The third-order valence-corrected chi connectivity index (χ3v) is 2.82. The van der Waals surface area contributed by atoms with E-state index in [2.05, 4.69) is 78.7 Å². The fraction of sp³-hybridized carbons (Fsp3) is 0.176. The molecule has 0 amide bonds. The fourth-order valence-corrected chi connectivity index (χ4v) is 1.89. The van der Waals surface area contributed by atoms with Gasteiger partial charge in [-0.05, 0) is 18.2 Å². The Morgan fingerprint density at radius 1 is 0.895 bits per heavy atom. The Kier molecular flexibility index (Phi) is 6.94. The van der Waals surface area contributed by atoms with Crippen molar-refractivity contribution >= 4 is 18.5 Å². The molecule has 0 saturated carbocycles. The molecule has 0 aliphatic heterocycles. The third-order valence-electron chi connectivity index (χ3n) is 2.82. The van der Waals surface area contributed by atoms with Crippen LogP contribution in [-0.2, 0) is 6.54 Å². The zero-order valence-corrected chi connectivity index (χ0v) is 12.0. The number of hydrogen-bond donors (Lipinski definition) is 0. The Labute approximate surface area is 122 Å². The number of benzene rings is 2. The molecule has 2 aromatic carbocycles. The minimum absolute atomic E-state index is 0. The van der Waals surface area contributed by atoms with Gasteiger partial charge in [0.1, 0.15) is 0 Å². The molecule has 0 bridgehead atoms. The normalized spacial score (nSPS) is 10.6. The van der Waals surface area contributed by atoms with Crippen LogP contribution in [0.5, 0.6) is 0 Å². The lowest BCUT2D eigenvalue weighted by atomic mass is 10.2. The molecule has 19 heavy (non-hydrogen) atoms. The number of rotatable bonds is 5. The summed E-state index contributed by atoms with van der Waals surface area (Å²) in [7, 11) is 2.14. The highest BCUT2D eigenvalue weighted by Crippen LogP contribution is 2.04. The quantitative estimate of drug-likeness (QED) is 0.787. The topological polar surface area (TPSA) is 3.24 Å². The van der Waals surface area contributed by atoms with Gasteiger partial charge in [0.2, 0.25) is 0 Å². The van der Waals surface area contributed by atoms with Crippen molar-refractivity contribution in [1.29, 1.82) is 0 Å². The van der Waals surface area contributed by atoms with Gasteiger partial charge in [-0.2, -0.15) is 0 Å². The third kappa shape index (κ3) is 5.73. The van der Waals surface area contributed by atoms with Gasteiger partial charge in [-0.15, -0.1) is 12.4 Å². The van der Waals surface area contributed by atoms with E-state index < -0.39 is 0 Å². The molecule has 0 N–H and O–H groups in total. The average Bonchev–Trinajstić information content (AvgIpc) is 2.41. The first-order valence-electron chi connectivity index (χ1n) is 6.28. The van der Waals surface area contributed by atoms with Gasteiger partial charge in [-0.3, -0.25) is 4.90 Å². The number of halogens is 1. The molecule has 0 aliphatic carbocycles. The van der Waals surface area contributed by atoms with Crippen molar-refractivity contribution in [1.82, 2.24) is 4.90 Å². The fourth-order valence-electron chi connectivity index (χ4n) is 1.89. The van der Waals surface area contributed by atoms with E-state index in [0.29, 0.717) is 0 Å². The molecule has 0 radical (unpaired) electrons. The molecular formula is C17H20ClN. The molecule has 2 heteroatoms. The molecule has 1 nitrogen and oxygen atoms in total. The molecule has 0 aliphatic rings. The molecule has 0 spiro atoms. The molecule has 0 heterocycles. The van der Waals surface area contributed by atoms with Gasteiger partial charge in [0, 0.05) is 13.1 Å². The van der Waals surface area contributed by atoms with Crippen molar-refractivity contribution in [2.45, 2.75) is 6.54 Å². The lowest BCUT2D eigenvalue weighted by Gasteiger charge is -2.14. The zero-order chi connectivity index (χ0) is 12.6. The average molecular weight is 274 g/mol. The Morgan fingerprint density at radius 3 is 2.11 bits per heavy atom. The van der Waals surface area contributed by atoms with Crippen LogP contribution < -0.4 is 0 Å². The zero-order valence-electron chi connectivity index (χ0n) is 11.2. The largest absolute Gasteiger partial charge is 0.298 e. The molecule has 100 valence electrons. The van der Waals surface area contributed by atoms with Crippen molar-refractivity contribution < 1.29 is 0 Å². The Bertz CT molecular complexity index is 479. The second-order valence-electron chi connectivity index (χ2n) is 4.50. The van der Waals surface area contributed by atoms with E-state index in [9.17, 15) is 0 Å². The predicted octanol–water partition coefficient (Wildman–Crippen LogP) is 4.25. The van der Waals surface area contributed by atoms with E-state index >= 15 is 0 Å². The highest BCUT2D eigenvalue weighted by molar-refractivity contribution is 5.85. The monoisotopic (exact) mass is 273 g/mol. The van der Waals surface area contributed by atoms with Crippen molar-refractivity contribution in [2.24, 2.45) is 0 Å². The van der Waals surface area contributed by atoms with E-state index in [-0.39, 0.29) is 12.4 Å². The van der Waals surface area contributed by atoms with Crippen molar-refractivity contribution in [2.75, 3.05) is 13.6 Å². The van der Waals surface area contributed by atoms with E-state index in [0.717, 1.165) is 13.1 Å². The van der Waals surface area contributed by atoms with Crippen molar-refractivity contribution in [3.8, 4) is 0 Å². The molecule has 2 rings (SSSR count). The maximum Gasteiger partial charge on any atom is 0.0233 e. The summed E-state index contributed by atoms with van der Waals surface area (Å²) >= 11 is 0. The maximum absolute atomic E-state index is 2.30. The molecule has 2 aromatic rings. The van der Waals surface area contributed by atoms with E-state index in [1.54, 1.807) is 0 Å². The van der Waals surface area contributed by atoms with Gasteiger partial charge < -0.3 is 0 Å². The summed E-state index contributed by atoms with van der Waals surface area (Å²) in [5.41, 5.74) is 2.61. The standard InChI is InChI=1S/C17H19N.ClH/c1-18(15-17-11-6-3-7-12-17)14-8-13-16-9-4-2-5-10-16;/h2-13H,14-15H2,1H3;1H. The van der Waals surface area contributed by atoms with Crippen LogP contribution in [0.15, 0.2) is 66.7 Å². The van der Waals surface area contributed by atoms with Crippen LogP contribution in [0.4, 0.5) is 0 Å². The second-order valence-corrected chi connectivity index (χ2v) is 4.50. The number of hydrogen-bond acceptors (Lipinski definition) is 1. The number of likely N-dealkylation sites (N-methyl/N-ethyl adjacent to an activating group) is 1. The molecule has 0 saturated heterocycles. The molecular weight excluding hydrogens is 254 g/mol. The SMILES string of the molecule is CN(CC=Cc1ccccc1)Cc1ccccc1.Cl. The van der Waals surface area contributed by atoms with Crippen LogP contribution in [0.1, 0.15) is 11.1 Å². The van der Waals surface area contributed by atoms with E-state index in [1.165, 1.54) is 11.1 Å². The molecule has 0 aromatic heterocycles. The second kappa shape index (κ2) is 8.52. The summed E-state index contributed by atoms with van der Waals surface area (Å²) in [4.78, 5) is 2.30. The highest BCUT2D eigenvalue weighted by atomic mass is 35.5. The minimum atomic E-state index is 0. The Balaban J connectivity index is 0.00000180. The van der Waals surface area contributed by atoms with E-state index in [1.807, 2.05) is 6.07 Å². The van der Waals surface area contributed by atoms with Gasteiger partial charge in [-0.1, -0.05) is 72.8 Å². The van der Waals surface area contributed by atoms with Crippen molar-refractivity contribution in [3.63, 3.8) is 0 Å². The van der Waals surface area contributed by atoms with Crippen LogP contribution in [-0.4, -0.2) is 18.5 Å². The van der Waals surface area contributed by atoms with Crippen LogP contribution in [0.25, 0.3) is 6.08 Å². The summed E-state index contributed by atoms with van der Waals surface area (Å²) in [6.45, 7) is 1.95. The Hall–Kier alpha value is -1.57. The minimum Gasteiger partial charge on any atom is -0.298 e. The molecule has 0 unspecified atom stereocenters. The lowest BCUT2D eigenvalue weighted by Crippen LogP contribution is -2.17. The van der Waals surface area contributed by atoms with Crippen LogP contribution >= 0.6 is 12.4 Å². The van der Waals surface area contributed by atoms with Gasteiger partial charge in [0.05, 0.1) is 0 Å². The summed E-state index contributed by atoms with van der Waals surface area (Å²) < 4.78 is 0. The summed E-state index contributed by atoms with van der Waals surface area (Å²) in [6.07, 6.45) is 4.37. The Morgan fingerprint density at radius 2 is 1.47 bits per heavy atom. The van der Waals surface area contributed by atoms with Crippen LogP contribution in [0, 0.1) is 0 Å². The van der Waals surface area contributed by atoms with Crippen molar-refractivity contribution in [3.05, 3.63) is 77.9 Å². The van der Waals surface area contributed by atoms with Gasteiger partial charge in [0.25, 0.3) is 0 Å². The van der Waals surface area contributed by atoms with Gasteiger partial charge >= 0.3 is 0 Å². The lowest BCUT2D eigenvalue weighted by molar-refractivity contribution is 0.364. The van der Waals surface area contributed by atoms with Gasteiger partial charge in [0.15, 0.2) is 0 Å². The molecule has 0 fully saturated rings. The summed E-state index contributed by atoms with van der Waals surface area (Å²) in [5.74, 6) is 0. The first-order valence-corrected chi connectivity index (χ1v) is 6.28. The summed E-state index contributed by atoms with van der Waals surface area (Å²) in [6, 6.07) is 21.0. The maximum atomic E-state index is 2.30. The van der Waals surface area contributed by atoms with Crippen LogP contribution in [0.2, 0.25) is 0 Å². The molecule has 0 atom stereocenters. The smallest absolute Gasteiger partial charge is 0.0233 e. The summed E-state index contributed by atoms with van der Waals surface area (Å²) in [5, 5.41) is 0. The highest BCUT2D eigenvalue weighted by Gasteiger charge is 1.96. The van der Waals surface area contributed by atoms with Crippen LogP contribution in [0.3, 0.4) is 0 Å². The first kappa shape index (κ1) is 15.5. The predicted molar refractivity (Wildman–Crippen MR) is 85.5 cm³/mol. The first-order chi connectivity index (χ1) is 8.84.